The van der Waals surface area contributed by atoms with Gasteiger partial charge in [0.05, 0.1) is 17.8 Å². The summed E-state index contributed by atoms with van der Waals surface area (Å²) < 4.78 is 4.80. The first-order valence-corrected chi connectivity index (χ1v) is 5.89. The highest BCUT2D eigenvalue weighted by molar-refractivity contribution is 5.97. The zero-order chi connectivity index (χ0) is 13.7. The van der Waals surface area contributed by atoms with Gasteiger partial charge in [-0.25, -0.2) is 9.78 Å². The number of para-hydroxylation sites is 1. The van der Waals surface area contributed by atoms with Crippen LogP contribution in [-0.4, -0.2) is 17.6 Å². The molecule has 0 aliphatic carbocycles. The number of pyridine rings is 1. The molecular weight excluding hydrogens is 240 g/mol. The third kappa shape index (κ3) is 2.96. The van der Waals surface area contributed by atoms with Gasteiger partial charge in [0.2, 0.25) is 0 Å². The summed E-state index contributed by atoms with van der Waals surface area (Å²) in [4.78, 5) is 15.9. The van der Waals surface area contributed by atoms with E-state index in [1.54, 1.807) is 13.0 Å². The first-order chi connectivity index (χ1) is 9.24. The Morgan fingerprint density at radius 3 is 2.89 bits per heavy atom. The van der Waals surface area contributed by atoms with Crippen molar-refractivity contribution >= 4 is 22.9 Å². The summed E-state index contributed by atoms with van der Waals surface area (Å²) >= 11 is 0. The first kappa shape index (κ1) is 12.8. The molecular formula is C15H12N2O2. The fraction of sp³-hybridized carbons (Fsp3) is 0.133. The van der Waals surface area contributed by atoms with E-state index in [4.69, 9.17) is 10.00 Å². The molecule has 0 spiro atoms. The van der Waals surface area contributed by atoms with Gasteiger partial charge in [0.25, 0.3) is 0 Å². The van der Waals surface area contributed by atoms with Gasteiger partial charge < -0.3 is 4.74 Å². The van der Waals surface area contributed by atoms with Crippen molar-refractivity contribution in [3.8, 4) is 6.07 Å². The fourth-order valence-electron chi connectivity index (χ4n) is 1.66. The number of hydrogen-bond donors (Lipinski definition) is 0. The Morgan fingerprint density at radius 1 is 1.37 bits per heavy atom. The standard InChI is InChI=1S/C15H12N2O2/c1-2-19-15(18)12(10-16)9-13-8-7-11-5-3-4-6-14(11)17-13/h3-9H,2H2,1H3/b12-9+. The van der Waals surface area contributed by atoms with Gasteiger partial charge in [0, 0.05) is 5.39 Å². The minimum absolute atomic E-state index is 0.0513. The van der Waals surface area contributed by atoms with E-state index in [2.05, 4.69) is 4.98 Å². The monoisotopic (exact) mass is 252 g/mol. The van der Waals surface area contributed by atoms with Gasteiger partial charge >= 0.3 is 5.97 Å². The molecule has 1 heterocycles. The normalized spacial score (nSPS) is 11.1. The second-order valence-corrected chi connectivity index (χ2v) is 3.82. The maximum Gasteiger partial charge on any atom is 0.348 e. The van der Waals surface area contributed by atoms with Crippen molar-refractivity contribution < 1.29 is 9.53 Å². The van der Waals surface area contributed by atoms with E-state index in [0.29, 0.717) is 5.69 Å². The van der Waals surface area contributed by atoms with Crippen LogP contribution >= 0.6 is 0 Å². The van der Waals surface area contributed by atoms with Crippen LogP contribution in [-0.2, 0) is 9.53 Å². The average molecular weight is 252 g/mol. The molecule has 0 N–H and O–H groups in total. The summed E-state index contributed by atoms with van der Waals surface area (Å²) in [5, 5.41) is 9.96. The SMILES string of the molecule is CCOC(=O)/C(C#N)=C/c1ccc2ccccc2n1. The minimum atomic E-state index is -0.625. The first-order valence-electron chi connectivity index (χ1n) is 5.89. The molecule has 1 aromatic heterocycles. The maximum atomic E-state index is 11.5. The van der Waals surface area contributed by atoms with Crippen molar-refractivity contribution in [3.05, 3.63) is 47.7 Å². The van der Waals surface area contributed by atoms with Crippen LogP contribution in [0, 0.1) is 11.3 Å². The van der Waals surface area contributed by atoms with Crippen LogP contribution in [0.2, 0.25) is 0 Å². The lowest BCUT2D eigenvalue weighted by atomic mass is 10.1. The number of benzene rings is 1. The van der Waals surface area contributed by atoms with Crippen LogP contribution in [0.4, 0.5) is 0 Å². The Hall–Kier alpha value is -2.67. The zero-order valence-electron chi connectivity index (χ0n) is 10.5. The van der Waals surface area contributed by atoms with Gasteiger partial charge in [-0.05, 0) is 25.1 Å². The summed E-state index contributed by atoms with van der Waals surface area (Å²) in [6.45, 7) is 1.93. The van der Waals surface area contributed by atoms with Crippen molar-refractivity contribution in [2.24, 2.45) is 0 Å². The molecule has 1 aromatic carbocycles. The molecule has 0 unspecified atom stereocenters. The van der Waals surface area contributed by atoms with E-state index in [0.717, 1.165) is 10.9 Å². The number of nitriles is 1. The Morgan fingerprint density at radius 2 is 2.16 bits per heavy atom. The summed E-state index contributed by atoms with van der Waals surface area (Å²) in [5.41, 5.74) is 1.32. The van der Waals surface area contributed by atoms with Crippen LogP contribution in [0.3, 0.4) is 0 Å². The molecule has 0 amide bonds. The van der Waals surface area contributed by atoms with Crippen LogP contribution in [0.5, 0.6) is 0 Å². The quantitative estimate of drug-likeness (QED) is 0.478. The molecule has 4 heteroatoms. The highest BCUT2D eigenvalue weighted by Crippen LogP contribution is 2.14. The largest absolute Gasteiger partial charge is 0.462 e. The van der Waals surface area contributed by atoms with Crippen LogP contribution in [0.15, 0.2) is 42.0 Å². The van der Waals surface area contributed by atoms with E-state index >= 15 is 0 Å². The molecule has 4 nitrogen and oxygen atoms in total. The fourth-order valence-corrected chi connectivity index (χ4v) is 1.66. The number of carbonyl (C=O) groups is 1. The van der Waals surface area contributed by atoms with Crippen molar-refractivity contribution in [1.82, 2.24) is 4.98 Å². The third-order valence-corrected chi connectivity index (χ3v) is 2.53. The second kappa shape index (κ2) is 5.78. The molecule has 94 valence electrons. The smallest absolute Gasteiger partial charge is 0.348 e. The van der Waals surface area contributed by atoms with Gasteiger partial charge in [-0.2, -0.15) is 5.26 Å². The third-order valence-electron chi connectivity index (χ3n) is 2.53. The minimum Gasteiger partial charge on any atom is -0.462 e. The number of nitrogens with zero attached hydrogens (tertiary/aromatic N) is 2. The van der Waals surface area contributed by atoms with Crippen LogP contribution in [0.1, 0.15) is 12.6 Å². The molecule has 2 aromatic rings. The molecule has 0 radical (unpaired) electrons. The van der Waals surface area contributed by atoms with Crippen molar-refractivity contribution in [2.45, 2.75) is 6.92 Å². The number of fused-ring (bicyclic) bond motifs is 1. The van der Waals surface area contributed by atoms with E-state index < -0.39 is 5.97 Å². The highest BCUT2D eigenvalue weighted by Gasteiger charge is 2.10. The lowest BCUT2D eigenvalue weighted by Crippen LogP contribution is -2.06. The predicted molar refractivity (Wildman–Crippen MR) is 72.0 cm³/mol. The molecule has 2 rings (SSSR count). The summed E-state index contributed by atoms with van der Waals surface area (Å²) in [6, 6.07) is 13.1. The zero-order valence-corrected chi connectivity index (χ0v) is 10.5. The average Bonchev–Trinajstić information content (AvgIpc) is 2.44. The summed E-state index contributed by atoms with van der Waals surface area (Å²) in [7, 11) is 0. The predicted octanol–water partition coefficient (Wildman–Crippen LogP) is 2.70. The maximum absolute atomic E-state index is 11.5. The van der Waals surface area contributed by atoms with Crippen LogP contribution < -0.4 is 0 Å². The summed E-state index contributed by atoms with van der Waals surface area (Å²) in [5.74, 6) is -0.625. The lowest BCUT2D eigenvalue weighted by molar-refractivity contribution is -0.137. The van der Waals surface area contributed by atoms with Gasteiger partial charge in [-0.1, -0.05) is 24.3 Å². The van der Waals surface area contributed by atoms with E-state index in [9.17, 15) is 4.79 Å². The summed E-state index contributed by atoms with van der Waals surface area (Å²) in [6.07, 6.45) is 1.43. The molecule has 0 bridgehead atoms. The molecule has 0 fully saturated rings. The highest BCUT2D eigenvalue weighted by atomic mass is 16.5. The number of ether oxygens (including phenoxy) is 1. The van der Waals surface area contributed by atoms with Crippen LogP contribution in [0.25, 0.3) is 17.0 Å². The lowest BCUT2D eigenvalue weighted by Gasteiger charge is -2.01. The van der Waals surface area contributed by atoms with Gasteiger partial charge in [-0.15, -0.1) is 0 Å². The second-order valence-electron chi connectivity index (χ2n) is 3.82. The number of carbonyl (C=O) groups excluding carboxylic acids is 1. The van der Waals surface area contributed by atoms with Gasteiger partial charge in [0.15, 0.2) is 0 Å². The molecule has 19 heavy (non-hydrogen) atoms. The Balaban J connectivity index is 2.38. The van der Waals surface area contributed by atoms with Crippen molar-refractivity contribution in [1.29, 1.82) is 5.26 Å². The van der Waals surface area contributed by atoms with E-state index in [-0.39, 0.29) is 12.2 Å². The molecule has 0 saturated carbocycles. The Kier molecular flexibility index (Phi) is 3.89. The number of aromatic nitrogens is 1. The van der Waals surface area contributed by atoms with Crippen molar-refractivity contribution in [3.63, 3.8) is 0 Å². The van der Waals surface area contributed by atoms with E-state index in [1.165, 1.54) is 6.08 Å². The molecule has 0 atom stereocenters. The topological polar surface area (TPSA) is 63.0 Å². The molecule has 0 aliphatic rings. The number of esters is 1. The Labute approximate surface area is 111 Å². The van der Waals surface area contributed by atoms with Gasteiger partial charge in [0.1, 0.15) is 11.6 Å². The number of hydrogen-bond acceptors (Lipinski definition) is 4. The van der Waals surface area contributed by atoms with Gasteiger partial charge in [-0.3, -0.25) is 0 Å². The number of rotatable bonds is 3. The Bertz CT molecular complexity index is 684. The molecule has 0 aliphatic heterocycles. The van der Waals surface area contributed by atoms with E-state index in [1.807, 2.05) is 36.4 Å². The van der Waals surface area contributed by atoms with Crippen molar-refractivity contribution in [2.75, 3.05) is 6.61 Å². The molecule has 0 saturated heterocycles.